The first-order valence-corrected chi connectivity index (χ1v) is 7.36. The van der Waals surface area contributed by atoms with Crippen LogP contribution in [0.5, 0.6) is 0 Å². The topological polar surface area (TPSA) is 48.0 Å². The molecule has 0 aliphatic rings. The van der Waals surface area contributed by atoms with E-state index < -0.39 is 0 Å². The normalized spacial score (nSPS) is 11.6. The highest BCUT2D eigenvalue weighted by Gasteiger charge is 2.17. The maximum atomic E-state index is 4.62. The second-order valence-electron chi connectivity index (χ2n) is 5.65. The molecule has 0 aliphatic carbocycles. The minimum absolute atomic E-state index is 0.766. The Hall–Kier alpha value is -2.69. The van der Waals surface area contributed by atoms with E-state index in [1.807, 2.05) is 13.0 Å². The van der Waals surface area contributed by atoms with Gasteiger partial charge in [-0.25, -0.2) is 14.5 Å². The molecule has 0 unspecified atom stereocenters. The van der Waals surface area contributed by atoms with Crippen LogP contribution in [0.4, 0.5) is 0 Å². The van der Waals surface area contributed by atoms with Crippen LogP contribution >= 0.6 is 0 Å². The van der Waals surface area contributed by atoms with Gasteiger partial charge in [0.15, 0.2) is 5.65 Å². The zero-order valence-electron chi connectivity index (χ0n) is 12.9. The van der Waals surface area contributed by atoms with Crippen molar-refractivity contribution in [2.24, 2.45) is 0 Å². The fraction of sp³-hybridized carbons (Fsp3) is 0.235. The Morgan fingerprint density at radius 3 is 2.55 bits per heavy atom. The molecule has 1 aromatic carbocycles. The monoisotopic (exact) mass is 291 g/mol. The van der Waals surface area contributed by atoms with Gasteiger partial charge in [0.1, 0.15) is 17.8 Å². The molecular formula is C17H17N5. The zero-order valence-corrected chi connectivity index (χ0v) is 12.9. The summed E-state index contributed by atoms with van der Waals surface area (Å²) in [5.41, 5.74) is 5.56. The average molecular weight is 291 g/mol. The van der Waals surface area contributed by atoms with E-state index in [0.29, 0.717) is 0 Å². The van der Waals surface area contributed by atoms with Crippen LogP contribution in [0.1, 0.15) is 22.6 Å². The zero-order chi connectivity index (χ0) is 15.3. The minimum Gasteiger partial charge on any atom is -0.325 e. The lowest BCUT2D eigenvalue weighted by Crippen LogP contribution is -2.03. The Labute approximate surface area is 128 Å². The van der Waals surface area contributed by atoms with Gasteiger partial charge in [0.05, 0.1) is 5.39 Å². The SMILES string of the molecule is Cc1nc2c3c(C)c(C)n(Cc4ccccc4)c3ncn2n1. The van der Waals surface area contributed by atoms with Crippen LogP contribution in [0.25, 0.3) is 16.7 Å². The maximum absolute atomic E-state index is 4.62. The van der Waals surface area contributed by atoms with Crippen molar-refractivity contribution in [1.29, 1.82) is 0 Å². The van der Waals surface area contributed by atoms with E-state index in [0.717, 1.165) is 29.0 Å². The molecule has 0 spiro atoms. The molecule has 0 bridgehead atoms. The molecule has 0 radical (unpaired) electrons. The average Bonchev–Trinajstić information content (AvgIpc) is 3.01. The standard InChI is InChI=1S/C17H17N5/c1-11-12(2)21(9-14-7-5-4-6-8-14)16-15(11)17-19-13(3)20-22(17)10-18-16/h4-8,10H,9H2,1-3H3. The van der Waals surface area contributed by atoms with Gasteiger partial charge < -0.3 is 4.57 Å². The predicted octanol–water partition coefficient (Wildman–Crippen LogP) is 3.05. The quantitative estimate of drug-likeness (QED) is 0.570. The van der Waals surface area contributed by atoms with Gasteiger partial charge in [0, 0.05) is 12.2 Å². The van der Waals surface area contributed by atoms with E-state index in [9.17, 15) is 0 Å². The molecule has 22 heavy (non-hydrogen) atoms. The lowest BCUT2D eigenvalue weighted by molar-refractivity contribution is 0.786. The number of rotatable bonds is 2. The number of aryl methyl sites for hydroxylation is 2. The molecule has 5 heteroatoms. The van der Waals surface area contributed by atoms with E-state index in [1.54, 1.807) is 10.8 Å². The van der Waals surface area contributed by atoms with E-state index >= 15 is 0 Å². The highest BCUT2D eigenvalue weighted by Crippen LogP contribution is 2.27. The maximum Gasteiger partial charge on any atom is 0.168 e. The summed E-state index contributed by atoms with van der Waals surface area (Å²) in [7, 11) is 0. The molecule has 0 amide bonds. The summed E-state index contributed by atoms with van der Waals surface area (Å²) in [6.07, 6.45) is 1.75. The van der Waals surface area contributed by atoms with E-state index in [2.05, 4.69) is 57.7 Å². The lowest BCUT2D eigenvalue weighted by atomic mass is 10.2. The van der Waals surface area contributed by atoms with Gasteiger partial charge in [0.2, 0.25) is 0 Å². The van der Waals surface area contributed by atoms with Crippen LogP contribution in [0.3, 0.4) is 0 Å². The fourth-order valence-corrected chi connectivity index (χ4v) is 3.00. The van der Waals surface area contributed by atoms with Crippen LogP contribution < -0.4 is 0 Å². The third-order valence-electron chi connectivity index (χ3n) is 4.24. The third kappa shape index (κ3) is 1.82. The Morgan fingerprint density at radius 2 is 1.77 bits per heavy atom. The molecule has 3 heterocycles. The van der Waals surface area contributed by atoms with Gasteiger partial charge in [-0.3, -0.25) is 0 Å². The number of hydrogen-bond acceptors (Lipinski definition) is 3. The molecule has 0 aliphatic heterocycles. The first-order chi connectivity index (χ1) is 10.6. The summed E-state index contributed by atoms with van der Waals surface area (Å²) < 4.78 is 4.01. The second-order valence-corrected chi connectivity index (χ2v) is 5.65. The van der Waals surface area contributed by atoms with Crippen molar-refractivity contribution in [3.05, 3.63) is 59.3 Å². The highest BCUT2D eigenvalue weighted by atomic mass is 15.3. The third-order valence-corrected chi connectivity index (χ3v) is 4.24. The van der Waals surface area contributed by atoms with Gasteiger partial charge in [-0.05, 0) is 31.9 Å². The summed E-state index contributed by atoms with van der Waals surface area (Å²) in [4.78, 5) is 9.19. The number of nitrogens with zero attached hydrogens (tertiary/aromatic N) is 5. The van der Waals surface area contributed by atoms with E-state index in [1.165, 1.54) is 16.8 Å². The summed E-state index contributed by atoms with van der Waals surface area (Å²) in [6.45, 7) is 6.99. The number of hydrogen-bond donors (Lipinski definition) is 0. The molecule has 3 aromatic heterocycles. The summed E-state index contributed by atoms with van der Waals surface area (Å²) >= 11 is 0. The van der Waals surface area contributed by atoms with Crippen molar-refractivity contribution >= 4 is 16.7 Å². The van der Waals surface area contributed by atoms with E-state index in [4.69, 9.17) is 0 Å². The fourth-order valence-electron chi connectivity index (χ4n) is 3.00. The van der Waals surface area contributed by atoms with Crippen LogP contribution in [0.2, 0.25) is 0 Å². The number of benzene rings is 1. The van der Waals surface area contributed by atoms with Crippen molar-refractivity contribution in [3.63, 3.8) is 0 Å². The number of aromatic nitrogens is 5. The molecule has 4 aromatic rings. The molecule has 0 atom stereocenters. The van der Waals surface area contributed by atoms with Gasteiger partial charge in [-0.1, -0.05) is 30.3 Å². The Morgan fingerprint density at radius 1 is 1.00 bits per heavy atom. The van der Waals surface area contributed by atoms with Crippen molar-refractivity contribution < 1.29 is 0 Å². The van der Waals surface area contributed by atoms with Gasteiger partial charge in [0.25, 0.3) is 0 Å². The Bertz CT molecular complexity index is 979. The first-order valence-electron chi connectivity index (χ1n) is 7.36. The molecule has 4 rings (SSSR count). The van der Waals surface area contributed by atoms with Crippen LogP contribution in [0.15, 0.2) is 36.7 Å². The summed E-state index contributed by atoms with van der Waals surface area (Å²) in [5, 5.41) is 5.46. The second kappa shape index (κ2) is 4.66. The van der Waals surface area contributed by atoms with Crippen molar-refractivity contribution in [2.45, 2.75) is 27.3 Å². The molecule has 0 N–H and O–H groups in total. The van der Waals surface area contributed by atoms with Crippen molar-refractivity contribution in [3.8, 4) is 0 Å². The summed E-state index contributed by atoms with van der Waals surface area (Å²) in [5.74, 6) is 0.766. The highest BCUT2D eigenvalue weighted by molar-refractivity contribution is 5.93. The molecular weight excluding hydrogens is 274 g/mol. The Balaban J connectivity index is 1.99. The molecule has 0 saturated carbocycles. The minimum atomic E-state index is 0.766. The van der Waals surface area contributed by atoms with Crippen LogP contribution in [-0.4, -0.2) is 24.1 Å². The molecule has 110 valence electrons. The van der Waals surface area contributed by atoms with Crippen LogP contribution in [0, 0.1) is 20.8 Å². The smallest absolute Gasteiger partial charge is 0.168 e. The van der Waals surface area contributed by atoms with Crippen molar-refractivity contribution in [2.75, 3.05) is 0 Å². The predicted molar refractivity (Wildman–Crippen MR) is 86.0 cm³/mol. The largest absolute Gasteiger partial charge is 0.325 e. The molecule has 5 nitrogen and oxygen atoms in total. The molecule has 0 saturated heterocycles. The molecule has 0 fully saturated rings. The Kier molecular flexibility index (Phi) is 2.76. The lowest BCUT2D eigenvalue weighted by Gasteiger charge is -2.07. The number of fused-ring (bicyclic) bond motifs is 3. The van der Waals surface area contributed by atoms with Crippen molar-refractivity contribution in [1.82, 2.24) is 24.1 Å². The van der Waals surface area contributed by atoms with Gasteiger partial charge in [-0.15, -0.1) is 0 Å². The van der Waals surface area contributed by atoms with Crippen LogP contribution in [-0.2, 0) is 6.54 Å². The summed E-state index contributed by atoms with van der Waals surface area (Å²) in [6, 6.07) is 10.4. The van der Waals surface area contributed by atoms with Gasteiger partial charge in [-0.2, -0.15) is 5.10 Å². The first kappa shape index (κ1) is 13.0. The van der Waals surface area contributed by atoms with Gasteiger partial charge >= 0.3 is 0 Å². The van der Waals surface area contributed by atoms with E-state index in [-0.39, 0.29) is 0 Å².